The van der Waals surface area contributed by atoms with Gasteiger partial charge in [-0.15, -0.1) is 0 Å². The number of hydrogen-bond donors (Lipinski definition) is 3. The highest BCUT2D eigenvalue weighted by atomic mass is 16.5. The number of rotatable bonds is 6. The van der Waals surface area contributed by atoms with E-state index in [1.807, 2.05) is 19.1 Å². The second-order valence-corrected chi connectivity index (χ2v) is 7.20. The number of imide groups is 1. The number of aryl methyl sites for hydroxylation is 1. The molecular formula is C22H23N3O5. The van der Waals surface area contributed by atoms with Gasteiger partial charge >= 0.3 is 12.0 Å². The van der Waals surface area contributed by atoms with Crippen molar-refractivity contribution in [2.75, 3.05) is 5.32 Å². The highest BCUT2D eigenvalue weighted by molar-refractivity contribution is 6.07. The van der Waals surface area contributed by atoms with Crippen LogP contribution in [-0.2, 0) is 26.3 Å². The van der Waals surface area contributed by atoms with E-state index < -0.39 is 35.5 Å². The molecule has 156 valence electrons. The first kappa shape index (κ1) is 21.0. The highest BCUT2D eigenvalue weighted by Gasteiger charge is 2.43. The molecular weight excluding hydrogens is 386 g/mol. The smallest absolute Gasteiger partial charge is 0.338 e. The van der Waals surface area contributed by atoms with Crippen molar-refractivity contribution in [3.8, 4) is 0 Å². The molecule has 3 N–H and O–H groups in total. The minimum atomic E-state index is -1.29. The number of nitrogens with one attached hydrogen (secondary N) is 3. The second-order valence-electron chi connectivity index (χ2n) is 7.20. The van der Waals surface area contributed by atoms with Gasteiger partial charge in [0.15, 0.2) is 6.10 Å². The van der Waals surface area contributed by atoms with Crippen LogP contribution in [0, 0.1) is 0 Å². The molecule has 0 bridgehead atoms. The van der Waals surface area contributed by atoms with E-state index in [-0.39, 0.29) is 5.56 Å². The minimum Gasteiger partial charge on any atom is -0.449 e. The molecule has 0 aliphatic carbocycles. The van der Waals surface area contributed by atoms with Gasteiger partial charge in [-0.25, -0.2) is 9.59 Å². The van der Waals surface area contributed by atoms with Crippen LogP contribution in [0.4, 0.5) is 10.5 Å². The first-order valence-corrected chi connectivity index (χ1v) is 9.58. The lowest BCUT2D eigenvalue weighted by molar-refractivity contribution is -0.124. The van der Waals surface area contributed by atoms with E-state index in [1.54, 1.807) is 24.3 Å². The van der Waals surface area contributed by atoms with Gasteiger partial charge in [-0.1, -0.05) is 31.2 Å². The molecule has 8 heteroatoms. The lowest BCUT2D eigenvalue weighted by Gasteiger charge is -2.21. The van der Waals surface area contributed by atoms with Crippen molar-refractivity contribution in [1.82, 2.24) is 10.6 Å². The Morgan fingerprint density at radius 3 is 2.43 bits per heavy atom. The largest absolute Gasteiger partial charge is 0.449 e. The zero-order chi connectivity index (χ0) is 21.9. The molecule has 2 atom stereocenters. The Kier molecular flexibility index (Phi) is 5.86. The van der Waals surface area contributed by atoms with Crippen molar-refractivity contribution in [2.45, 2.75) is 38.8 Å². The zero-order valence-electron chi connectivity index (χ0n) is 16.9. The normalized spacial score (nSPS) is 18.9. The molecule has 0 aromatic heterocycles. The number of urea groups is 1. The van der Waals surface area contributed by atoms with Crippen LogP contribution >= 0.6 is 0 Å². The standard InChI is InChI=1S/C22H23N3O5/c1-4-14-8-10-17(11-9-14)23-18(26)13(2)30-19(27)15-6-5-7-16(12-15)22(3)20(28)24-21(29)25-22/h5-13H,4H2,1-3H3,(H,23,26)(H2,24,25,28,29). The Morgan fingerprint density at radius 1 is 1.13 bits per heavy atom. The third-order valence-corrected chi connectivity index (χ3v) is 5.00. The number of esters is 1. The number of carbonyl (C=O) groups excluding carboxylic acids is 4. The van der Waals surface area contributed by atoms with Gasteiger partial charge in [0.25, 0.3) is 11.8 Å². The van der Waals surface area contributed by atoms with Crippen molar-refractivity contribution in [1.29, 1.82) is 0 Å². The van der Waals surface area contributed by atoms with Crippen LogP contribution in [0.15, 0.2) is 48.5 Å². The Morgan fingerprint density at radius 2 is 1.83 bits per heavy atom. The number of amides is 4. The average molecular weight is 409 g/mol. The molecule has 3 rings (SSSR count). The molecule has 8 nitrogen and oxygen atoms in total. The number of benzene rings is 2. The van der Waals surface area contributed by atoms with Crippen LogP contribution in [0.1, 0.15) is 42.3 Å². The summed E-state index contributed by atoms with van der Waals surface area (Å²) in [6, 6.07) is 13.0. The Bertz CT molecular complexity index is 1000. The Hall–Kier alpha value is -3.68. The van der Waals surface area contributed by atoms with Crippen LogP contribution in [0.5, 0.6) is 0 Å². The highest BCUT2D eigenvalue weighted by Crippen LogP contribution is 2.25. The fourth-order valence-corrected chi connectivity index (χ4v) is 3.05. The SMILES string of the molecule is CCc1ccc(NC(=O)C(C)OC(=O)c2cccc(C3(C)NC(=O)NC3=O)c2)cc1. The van der Waals surface area contributed by atoms with Gasteiger partial charge in [-0.05, 0) is 55.7 Å². The van der Waals surface area contributed by atoms with E-state index in [0.717, 1.165) is 12.0 Å². The summed E-state index contributed by atoms with van der Waals surface area (Å²) >= 11 is 0. The predicted octanol–water partition coefficient (Wildman–Crippen LogP) is 2.49. The summed E-state index contributed by atoms with van der Waals surface area (Å²) in [6.07, 6.45) is -0.136. The first-order valence-electron chi connectivity index (χ1n) is 9.58. The van der Waals surface area contributed by atoms with Crippen molar-refractivity contribution in [3.05, 3.63) is 65.2 Å². The predicted molar refractivity (Wildman–Crippen MR) is 110 cm³/mol. The molecule has 1 aliphatic rings. The van der Waals surface area contributed by atoms with Crippen LogP contribution in [0.2, 0.25) is 0 Å². The average Bonchev–Trinajstić information content (AvgIpc) is 3.01. The monoisotopic (exact) mass is 409 g/mol. The Balaban J connectivity index is 1.67. The molecule has 2 aromatic rings. The third kappa shape index (κ3) is 4.32. The number of ether oxygens (including phenoxy) is 1. The molecule has 2 unspecified atom stereocenters. The summed E-state index contributed by atoms with van der Waals surface area (Å²) in [6.45, 7) is 5.05. The van der Waals surface area contributed by atoms with E-state index in [1.165, 1.54) is 26.0 Å². The molecule has 1 saturated heterocycles. The fourth-order valence-electron chi connectivity index (χ4n) is 3.05. The van der Waals surface area contributed by atoms with Crippen molar-refractivity contribution >= 4 is 29.5 Å². The van der Waals surface area contributed by atoms with Crippen molar-refractivity contribution < 1.29 is 23.9 Å². The summed E-state index contributed by atoms with van der Waals surface area (Å²) < 4.78 is 5.27. The van der Waals surface area contributed by atoms with Gasteiger partial charge in [0.2, 0.25) is 0 Å². The molecule has 0 saturated carbocycles. The summed E-state index contributed by atoms with van der Waals surface area (Å²) in [7, 11) is 0. The van der Waals surface area contributed by atoms with E-state index in [0.29, 0.717) is 11.3 Å². The summed E-state index contributed by atoms with van der Waals surface area (Å²) in [4.78, 5) is 48.5. The maximum atomic E-state index is 12.5. The van der Waals surface area contributed by atoms with Crippen LogP contribution < -0.4 is 16.0 Å². The van der Waals surface area contributed by atoms with Crippen molar-refractivity contribution in [3.63, 3.8) is 0 Å². The van der Waals surface area contributed by atoms with Gasteiger partial charge in [0, 0.05) is 5.69 Å². The fraction of sp³-hybridized carbons (Fsp3) is 0.273. The Labute approximate surface area is 174 Å². The molecule has 1 heterocycles. The lowest BCUT2D eigenvalue weighted by atomic mass is 9.91. The summed E-state index contributed by atoms with van der Waals surface area (Å²) in [5.74, 6) is -1.69. The second kappa shape index (κ2) is 8.36. The maximum absolute atomic E-state index is 12.5. The molecule has 2 aromatic carbocycles. The number of anilines is 1. The quantitative estimate of drug-likeness (QED) is 0.501. The van der Waals surface area contributed by atoms with Gasteiger partial charge in [0.1, 0.15) is 5.54 Å². The third-order valence-electron chi connectivity index (χ3n) is 5.00. The summed E-state index contributed by atoms with van der Waals surface area (Å²) in [5.41, 5.74) is 1.05. The molecule has 4 amide bonds. The van der Waals surface area contributed by atoms with Crippen LogP contribution in [0.3, 0.4) is 0 Å². The van der Waals surface area contributed by atoms with E-state index in [9.17, 15) is 19.2 Å². The lowest BCUT2D eigenvalue weighted by Crippen LogP contribution is -2.40. The van der Waals surface area contributed by atoms with E-state index in [2.05, 4.69) is 16.0 Å². The van der Waals surface area contributed by atoms with E-state index in [4.69, 9.17) is 4.74 Å². The van der Waals surface area contributed by atoms with Gasteiger partial charge in [0.05, 0.1) is 5.56 Å². The summed E-state index contributed by atoms with van der Waals surface area (Å²) in [5, 5.41) is 7.42. The molecule has 0 spiro atoms. The first-order chi connectivity index (χ1) is 14.2. The van der Waals surface area contributed by atoms with Gasteiger partial charge < -0.3 is 15.4 Å². The molecule has 1 aliphatic heterocycles. The molecule has 30 heavy (non-hydrogen) atoms. The van der Waals surface area contributed by atoms with Crippen LogP contribution in [-0.4, -0.2) is 29.9 Å². The van der Waals surface area contributed by atoms with Crippen LogP contribution in [0.25, 0.3) is 0 Å². The number of hydrogen-bond acceptors (Lipinski definition) is 5. The van der Waals surface area contributed by atoms with Gasteiger partial charge in [-0.2, -0.15) is 0 Å². The van der Waals surface area contributed by atoms with Crippen molar-refractivity contribution in [2.24, 2.45) is 0 Å². The zero-order valence-corrected chi connectivity index (χ0v) is 16.9. The molecule has 1 fully saturated rings. The maximum Gasteiger partial charge on any atom is 0.338 e. The van der Waals surface area contributed by atoms with E-state index >= 15 is 0 Å². The topological polar surface area (TPSA) is 114 Å². The molecule has 0 radical (unpaired) electrons. The minimum absolute atomic E-state index is 0.162. The number of carbonyl (C=O) groups is 4. The van der Waals surface area contributed by atoms with Gasteiger partial charge in [-0.3, -0.25) is 14.9 Å².